The third-order valence-corrected chi connectivity index (χ3v) is 3.90. The second-order valence-corrected chi connectivity index (χ2v) is 5.53. The van der Waals surface area contributed by atoms with E-state index in [1.807, 2.05) is 0 Å². The molecule has 0 bridgehead atoms. The zero-order valence-electron chi connectivity index (χ0n) is 10.9. The van der Waals surface area contributed by atoms with Gasteiger partial charge in [-0.25, -0.2) is 0 Å². The Labute approximate surface area is 118 Å². The van der Waals surface area contributed by atoms with Crippen LogP contribution in [0.15, 0.2) is 24.3 Å². The SMILES string of the molecule is Cc1cccc(C(CBr)OCC2CCCCO2)c1. The molecule has 0 N–H and O–H groups in total. The zero-order chi connectivity index (χ0) is 12.8. The van der Waals surface area contributed by atoms with Crippen molar-refractivity contribution in [2.75, 3.05) is 18.5 Å². The average molecular weight is 313 g/mol. The zero-order valence-corrected chi connectivity index (χ0v) is 12.5. The van der Waals surface area contributed by atoms with Gasteiger partial charge in [0.2, 0.25) is 0 Å². The fraction of sp³-hybridized carbons (Fsp3) is 0.600. The highest BCUT2D eigenvalue weighted by molar-refractivity contribution is 9.09. The van der Waals surface area contributed by atoms with Crippen LogP contribution in [0.25, 0.3) is 0 Å². The molecule has 1 aromatic rings. The van der Waals surface area contributed by atoms with E-state index in [1.165, 1.54) is 24.0 Å². The molecule has 18 heavy (non-hydrogen) atoms. The van der Waals surface area contributed by atoms with Gasteiger partial charge in [0.15, 0.2) is 0 Å². The van der Waals surface area contributed by atoms with E-state index in [9.17, 15) is 0 Å². The van der Waals surface area contributed by atoms with Gasteiger partial charge in [0.1, 0.15) is 0 Å². The standard InChI is InChI=1S/C15H21BrO2/c1-12-5-4-6-13(9-12)15(10-16)18-11-14-7-2-3-8-17-14/h4-6,9,14-15H,2-3,7-8,10-11H2,1H3. The summed E-state index contributed by atoms with van der Waals surface area (Å²) in [4.78, 5) is 0. The highest BCUT2D eigenvalue weighted by Gasteiger charge is 2.17. The summed E-state index contributed by atoms with van der Waals surface area (Å²) >= 11 is 3.54. The first-order valence-electron chi connectivity index (χ1n) is 6.65. The molecule has 1 fully saturated rings. The quantitative estimate of drug-likeness (QED) is 0.765. The van der Waals surface area contributed by atoms with Gasteiger partial charge in [-0.15, -0.1) is 0 Å². The smallest absolute Gasteiger partial charge is 0.0923 e. The van der Waals surface area contributed by atoms with Gasteiger partial charge in [0.25, 0.3) is 0 Å². The first kappa shape index (κ1) is 14.0. The van der Waals surface area contributed by atoms with Crippen molar-refractivity contribution in [3.05, 3.63) is 35.4 Å². The largest absolute Gasteiger partial charge is 0.376 e. The number of aryl methyl sites for hydroxylation is 1. The van der Waals surface area contributed by atoms with Crippen LogP contribution in [-0.2, 0) is 9.47 Å². The third kappa shape index (κ3) is 4.08. The minimum absolute atomic E-state index is 0.121. The van der Waals surface area contributed by atoms with E-state index in [1.54, 1.807) is 0 Å². The lowest BCUT2D eigenvalue weighted by Crippen LogP contribution is -2.25. The van der Waals surface area contributed by atoms with Crippen molar-refractivity contribution in [2.45, 2.75) is 38.4 Å². The summed E-state index contributed by atoms with van der Waals surface area (Å²) < 4.78 is 11.7. The maximum absolute atomic E-state index is 6.00. The summed E-state index contributed by atoms with van der Waals surface area (Å²) in [5.41, 5.74) is 2.51. The van der Waals surface area contributed by atoms with Crippen molar-refractivity contribution < 1.29 is 9.47 Å². The van der Waals surface area contributed by atoms with Crippen molar-refractivity contribution in [3.63, 3.8) is 0 Å². The van der Waals surface area contributed by atoms with Crippen molar-refractivity contribution in [3.8, 4) is 0 Å². The van der Waals surface area contributed by atoms with Gasteiger partial charge in [-0.3, -0.25) is 0 Å². The number of halogens is 1. The molecule has 1 saturated heterocycles. The van der Waals surface area contributed by atoms with Gasteiger partial charge in [0, 0.05) is 11.9 Å². The van der Waals surface area contributed by atoms with Crippen LogP contribution in [-0.4, -0.2) is 24.6 Å². The molecule has 1 aliphatic heterocycles. The van der Waals surface area contributed by atoms with E-state index >= 15 is 0 Å². The third-order valence-electron chi connectivity index (χ3n) is 3.31. The number of hydrogen-bond acceptors (Lipinski definition) is 2. The van der Waals surface area contributed by atoms with Gasteiger partial charge in [0.05, 0.1) is 18.8 Å². The van der Waals surface area contributed by atoms with Crippen molar-refractivity contribution in [1.29, 1.82) is 0 Å². The molecule has 1 aromatic carbocycles. The maximum atomic E-state index is 6.00. The van der Waals surface area contributed by atoms with E-state index in [-0.39, 0.29) is 12.2 Å². The predicted molar refractivity (Wildman–Crippen MR) is 77.3 cm³/mol. The Kier molecular flexibility index (Phi) is 5.67. The Morgan fingerprint density at radius 3 is 3.00 bits per heavy atom. The summed E-state index contributed by atoms with van der Waals surface area (Å²) in [7, 11) is 0. The van der Waals surface area contributed by atoms with Crippen LogP contribution in [0, 0.1) is 6.92 Å². The molecule has 3 heteroatoms. The Hall–Kier alpha value is -0.380. The monoisotopic (exact) mass is 312 g/mol. The molecule has 1 aliphatic rings. The molecule has 100 valence electrons. The lowest BCUT2D eigenvalue weighted by atomic mass is 10.1. The highest BCUT2D eigenvalue weighted by atomic mass is 79.9. The molecular weight excluding hydrogens is 292 g/mol. The first-order valence-corrected chi connectivity index (χ1v) is 7.77. The highest BCUT2D eigenvalue weighted by Crippen LogP contribution is 2.22. The molecule has 0 amide bonds. The van der Waals surface area contributed by atoms with Crippen LogP contribution >= 0.6 is 15.9 Å². The number of alkyl halides is 1. The summed E-state index contributed by atoms with van der Waals surface area (Å²) in [6, 6.07) is 8.51. The Balaban J connectivity index is 1.88. The molecule has 0 saturated carbocycles. The molecule has 2 atom stereocenters. The summed E-state index contributed by atoms with van der Waals surface area (Å²) in [5.74, 6) is 0. The second-order valence-electron chi connectivity index (χ2n) is 4.88. The van der Waals surface area contributed by atoms with E-state index in [4.69, 9.17) is 9.47 Å². The molecule has 0 radical (unpaired) electrons. The molecule has 2 unspecified atom stereocenters. The van der Waals surface area contributed by atoms with Gasteiger partial charge >= 0.3 is 0 Å². The van der Waals surface area contributed by atoms with Crippen LogP contribution in [0.3, 0.4) is 0 Å². The first-order chi connectivity index (χ1) is 8.79. The Bertz CT molecular complexity index is 361. The number of rotatable bonds is 5. The van der Waals surface area contributed by atoms with E-state index in [0.717, 1.165) is 18.4 Å². The van der Waals surface area contributed by atoms with Crippen LogP contribution in [0.2, 0.25) is 0 Å². The minimum Gasteiger partial charge on any atom is -0.376 e. The van der Waals surface area contributed by atoms with Crippen LogP contribution in [0.1, 0.15) is 36.5 Å². The maximum Gasteiger partial charge on any atom is 0.0923 e. The van der Waals surface area contributed by atoms with E-state index in [0.29, 0.717) is 6.61 Å². The Morgan fingerprint density at radius 2 is 2.33 bits per heavy atom. The molecule has 0 aliphatic carbocycles. The van der Waals surface area contributed by atoms with Gasteiger partial charge in [-0.1, -0.05) is 45.8 Å². The molecule has 0 aromatic heterocycles. The normalized spacial score (nSPS) is 21.8. The molecule has 1 heterocycles. The number of ether oxygens (including phenoxy) is 2. The Morgan fingerprint density at radius 1 is 1.44 bits per heavy atom. The minimum atomic E-state index is 0.121. The van der Waals surface area contributed by atoms with Crippen molar-refractivity contribution >= 4 is 15.9 Å². The van der Waals surface area contributed by atoms with Gasteiger partial charge < -0.3 is 9.47 Å². The molecule has 2 rings (SSSR count). The topological polar surface area (TPSA) is 18.5 Å². The van der Waals surface area contributed by atoms with Gasteiger partial charge in [-0.2, -0.15) is 0 Å². The van der Waals surface area contributed by atoms with Crippen molar-refractivity contribution in [2.24, 2.45) is 0 Å². The average Bonchev–Trinajstić information content (AvgIpc) is 2.41. The van der Waals surface area contributed by atoms with Crippen molar-refractivity contribution in [1.82, 2.24) is 0 Å². The van der Waals surface area contributed by atoms with E-state index < -0.39 is 0 Å². The lowest BCUT2D eigenvalue weighted by molar-refractivity contribution is -0.0585. The summed E-state index contributed by atoms with van der Waals surface area (Å²) in [6.45, 7) is 3.70. The second kappa shape index (κ2) is 7.27. The molecule has 0 spiro atoms. The van der Waals surface area contributed by atoms with Crippen LogP contribution < -0.4 is 0 Å². The lowest BCUT2D eigenvalue weighted by Gasteiger charge is -2.25. The summed E-state index contributed by atoms with van der Waals surface area (Å²) in [5, 5.41) is 0.823. The predicted octanol–water partition coefficient (Wildman–Crippen LogP) is 4.02. The molecule has 2 nitrogen and oxygen atoms in total. The fourth-order valence-corrected chi connectivity index (χ4v) is 2.82. The molecular formula is C15H21BrO2. The summed E-state index contributed by atoms with van der Waals surface area (Å²) in [6.07, 6.45) is 3.98. The number of hydrogen-bond donors (Lipinski definition) is 0. The fourth-order valence-electron chi connectivity index (χ4n) is 2.26. The van der Waals surface area contributed by atoms with Crippen LogP contribution in [0.4, 0.5) is 0 Å². The van der Waals surface area contributed by atoms with Gasteiger partial charge in [-0.05, 0) is 31.7 Å². The van der Waals surface area contributed by atoms with Crippen LogP contribution in [0.5, 0.6) is 0 Å². The van der Waals surface area contributed by atoms with E-state index in [2.05, 4.69) is 47.1 Å². The number of benzene rings is 1.